The highest BCUT2D eigenvalue weighted by molar-refractivity contribution is 5.79. The van der Waals surface area contributed by atoms with Gasteiger partial charge in [0.05, 0.1) is 12.8 Å². The standard InChI is InChI=1S/C23H36N4O2/c1-5-24-22(27-18-21-26-17-20(29-21)23(2,3)4)25-14-9-10-15-28-16-13-19-11-7-6-8-12-19/h6-8,11-12,17H,5,9-10,13-16,18H2,1-4H3,(H2,24,25,27). The van der Waals surface area contributed by atoms with E-state index in [1.165, 1.54) is 5.56 Å². The number of unbranched alkanes of at least 4 members (excludes halogenated alkanes) is 1. The maximum Gasteiger partial charge on any atom is 0.216 e. The van der Waals surface area contributed by atoms with Crippen LogP contribution in [0.25, 0.3) is 0 Å². The van der Waals surface area contributed by atoms with Crippen molar-refractivity contribution in [2.45, 2.75) is 58.9 Å². The Morgan fingerprint density at radius 2 is 1.90 bits per heavy atom. The fraction of sp³-hybridized carbons (Fsp3) is 0.565. The number of aliphatic imine (C=N–C) groups is 1. The van der Waals surface area contributed by atoms with Crippen LogP contribution in [-0.4, -0.2) is 37.2 Å². The highest BCUT2D eigenvalue weighted by Gasteiger charge is 2.18. The third kappa shape index (κ3) is 9.13. The van der Waals surface area contributed by atoms with Gasteiger partial charge in [-0.3, -0.25) is 0 Å². The number of aromatic nitrogens is 1. The van der Waals surface area contributed by atoms with Crippen molar-refractivity contribution in [3.05, 3.63) is 53.7 Å². The number of hydrogen-bond acceptors (Lipinski definition) is 4. The summed E-state index contributed by atoms with van der Waals surface area (Å²) in [5, 5.41) is 6.62. The van der Waals surface area contributed by atoms with E-state index in [4.69, 9.17) is 9.15 Å². The van der Waals surface area contributed by atoms with E-state index in [1.54, 1.807) is 6.20 Å². The quantitative estimate of drug-likeness (QED) is 0.338. The highest BCUT2D eigenvalue weighted by atomic mass is 16.5. The van der Waals surface area contributed by atoms with Gasteiger partial charge in [0.15, 0.2) is 5.96 Å². The minimum atomic E-state index is -0.0408. The number of oxazole rings is 1. The zero-order valence-corrected chi connectivity index (χ0v) is 18.3. The molecule has 0 amide bonds. The molecule has 0 radical (unpaired) electrons. The van der Waals surface area contributed by atoms with E-state index >= 15 is 0 Å². The first-order valence-corrected chi connectivity index (χ1v) is 10.6. The molecule has 2 aromatic rings. The van der Waals surface area contributed by atoms with Gasteiger partial charge in [-0.25, -0.2) is 9.98 Å². The van der Waals surface area contributed by atoms with Crippen LogP contribution in [0.5, 0.6) is 0 Å². The molecule has 0 aliphatic heterocycles. The van der Waals surface area contributed by atoms with Crippen molar-refractivity contribution in [2.24, 2.45) is 4.99 Å². The van der Waals surface area contributed by atoms with Gasteiger partial charge in [-0.05, 0) is 31.7 Å². The molecule has 2 N–H and O–H groups in total. The third-order valence-electron chi connectivity index (χ3n) is 4.40. The molecule has 2 rings (SSSR count). The summed E-state index contributed by atoms with van der Waals surface area (Å²) in [6.45, 7) is 12.0. The van der Waals surface area contributed by atoms with E-state index in [2.05, 4.69) is 72.6 Å². The van der Waals surface area contributed by atoms with Gasteiger partial charge < -0.3 is 19.8 Å². The highest BCUT2D eigenvalue weighted by Crippen LogP contribution is 2.22. The maximum atomic E-state index is 5.80. The van der Waals surface area contributed by atoms with Crippen LogP contribution in [0.1, 0.15) is 57.8 Å². The Hall–Kier alpha value is -2.34. The fourth-order valence-corrected chi connectivity index (χ4v) is 2.69. The van der Waals surface area contributed by atoms with Gasteiger partial charge in [-0.1, -0.05) is 51.1 Å². The summed E-state index contributed by atoms with van der Waals surface area (Å²) < 4.78 is 11.5. The van der Waals surface area contributed by atoms with E-state index in [1.807, 2.05) is 6.07 Å². The summed E-state index contributed by atoms with van der Waals surface area (Å²) >= 11 is 0. The molecule has 0 unspecified atom stereocenters. The van der Waals surface area contributed by atoms with Gasteiger partial charge in [-0.15, -0.1) is 0 Å². The monoisotopic (exact) mass is 400 g/mol. The van der Waals surface area contributed by atoms with Crippen LogP contribution in [0.4, 0.5) is 0 Å². The van der Waals surface area contributed by atoms with Crippen LogP contribution in [-0.2, 0) is 23.1 Å². The summed E-state index contributed by atoms with van der Waals surface area (Å²) in [6.07, 6.45) is 4.82. The molecule has 0 spiro atoms. The lowest BCUT2D eigenvalue weighted by atomic mass is 9.94. The molecule has 29 heavy (non-hydrogen) atoms. The van der Waals surface area contributed by atoms with Crippen LogP contribution < -0.4 is 10.6 Å². The van der Waals surface area contributed by atoms with Crippen molar-refractivity contribution in [3.63, 3.8) is 0 Å². The van der Waals surface area contributed by atoms with Gasteiger partial charge in [0, 0.05) is 25.1 Å². The molecule has 6 nitrogen and oxygen atoms in total. The van der Waals surface area contributed by atoms with Gasteiger partial charge in [0.25, 0.3) is 0 Å². The molecular formula is C23H36N4O2. The molecule has 0 saturated carbocycles. The normalized spacial score (nSPS) is 12.2. The van der Waals surface area contributed by atoms with Crippen molar-refractivity contribution in [1.29, 1.82) is 0 Å². The van der Waals surface area contributed by atoms with E-state index in [0.717, 1.165) is 57.3 Å². The minimum absolute atomic E-state index is 0.0408. The van der Waals surface area contributed by atoms with Crippen molar-refractivity contribution < 1.29 is 9.15 Å². The Labute approximate surface area is 175 Å². The number of nitrogens with one attached hydrogen (secondary N) is 2. The van der Waals surface area contributed by atoms with Crippen molar-refractivity contribution >= 4 is 5.96 Å². The molecule has 1 aromatic carbocycles. The van der Waals surface area contributed by atoms with E-state index < -0.39 is 0 Å². The molecule has 0 fully saturated rings. The summed E-state index contributed by atoms with van der Waals surface area (Å²) in [4.78, 5) is 8.90. The van der Waals surface area contributed by atoms with Crippen molar-refractivity contribution in [2.75, 3.05) is 26.3 Å². The molecule has 0 aliphatic carbocycles. The van der Waals surface area contributed by atoms with E-state index in [9.17, 15) is 0 Å². The first-order chi connectivity index (χ1) is 14.0. The molecular weight excluding hydrogens is 364 g/mol. The average molecular weight is 401 g/mol. The molecule has 0 saturated heterocycles. The second-order valence-electron chi connectivity index (χ2n) is 8.05. The number of benzene rings is 1. The Kier molecular flexibility index (Phi) is 9.71. The van der Waals surface area contributed by atoms with Gasteiger partial charge in [0.2, 0.25) is 5.89 Å². The number of guanidine groups is 1. The van der Waals surface area contributed by atoms with Crippen LogP contribution in [0.15, 0.2) is 45.9 Å². The first-order valence-electron chi connectivity index (χ1n) is 10.6. The minimum Gasteiger partial charge on any atom is -0.443 e. The molecule has 0 atom stereocenters. The first kappa shape index (κ1) is 22.9. The molecule has 6 heteroatoms. The second-order valence-corrected chi connectivity index (χ2v) is 8.05. The van der Waals surface area contributed by atoms with Crippen LogP contribution in [0, 0.1) is 0 Å². The van der Waals surface area contributed by atoms with E-state index in [-0.39, 0.29) is 5.41 Å². The summed E-state index contributed by atoms with van der Waals surface area (Å²) in [5.74, 6) is 2.31. The smallest absolute Gasteiger partial charge is 0.216 e. The van der Waals surface area contributed by atoms with E-state index in [0.29, 0.717) is 12.4 Å². The molecule has 1 aromatic heterocycles. The zero-order chi connectivity index (χ0) is 21.0. The molecule has 0 aliphatic rings. The fourth-order valence-electron chi connectivity index (χ4n) is 2.69. The predicted octanol–water partition coefficient (Wildman–Crippen LogP) is 4.07. The van der Waals surface area contributed by atoms with Crippen molar-refractivity contribution in [1.82, 2.24) is 15.6 Å². The number of rotatable bonds is 11. The second kappa shape index (κ2) is 12.3. The lowest BCUT2D eigenvalue weighted by Crippen LogP contribution is -2.37. The SMILES string of the molecule is CCNC(=NCc1ncc(C(C)(C)C)o1)NCCCCOCCc1ccccc1. The van der Waals surface area contributed by atoms with Gasteiger partial charge in [0.1, 0.15) is 12.3 Å². The number of ether oxygens (including phenoxy) is 1. The molecule has 160 valence electrons. The Morgan fingerprint density at radius 3 is 2.59 bits per heavy atom. The summed E-state index contributed by atoms with van der Waals surface area (Å²) in [5.41, 5.74) is 1.28. The van der Waals surface area contributed by atoms with Gasteiger partial charge in [-0.2, -0.15) is 0 Å². The van der Waals surface area contributed by atoms with Crippen LogP contribution in [0.3, 0.4) is 0 Å². The third-order valence-corrected chi connectivity index (χ3v) is 4.40. The Morgan fingerprint density at radius 1 is 1.10 bits per heavy atom. The molecule has 0 bridgehead atoms. The van der Waals surface area contributed by atoms with Crippen LogP contribution >= 0.6 is 0 Å². The van der Waals surface area contributed by atoms with Gasteiger partial charge >= 0.3 is 0 Å². The lowest BCUT2D eigenvalue weighted by molar-refractivity contribution is 0.133. The number of hydrogen-bond donors (Lipinski definition) is 2. The lowest BCUT2D eigenvalue weighted by Gasteiger charge is -2.13. The average Bonchev–Trinajstić information content (AvgIpc) is 3.18. The number of nitrogens with zero attached hydrogens (tertiary/aromatic N) is 2. The maximum absolute atomic E-state index is 5.80. The summed E-state index contributed by atoms with van der Waals surface area (Å²) in [6, 6.07) is 10.4. The zero-order valence-electron chi connectivity index (χ0n) is 18.3. The van der Waals surface area contributed by atoms with Crippen LogP contribution in [0.2, 0.25) is 0 Å². The summed E-state index contributed by atoms with van der Waals surface area (Å²) in [7, 11) is 0. The van der Waals surface area contributed by atoms with Crippen molar-refractivity contribution in [3.8, 4) is 0 Å². The Balaban J connectivity index is 1.62. The Bertz CT molecular complexity index is 720. The molecule has 1 heterocycles. The predicted molar refractivity (Wildman–Crippen MR) is 118 cm³/mol. The largest absolute Gasteiger partial charge is 0.443 e. The topological polar surface area (TPSA) is 71.7 Å².